The van der Waals surface area contributed by atoms with Crippen LogP contribution in [0.5, 0.6) is 5.88 Å². The zero-order valence-corrected chi connectivity index (χ0v) is 10.3. The van der Waals surface area contributed by atoms with Crippen molar-refractivity contribution in [3.05, 3.63) is 20.2 Å². The molecule has 0 amide bonds. The molecule has 7 nitrogen and oxygen atoms in total. The fraction of sp³-hybridized carbons (Fsp3) is 0.375. The monoisotopic (exact) mass is 281 g/mol. The summed E-state index contributed by atoms with van der Waals surface area (Å²) in [5, 5.41) is 10.2. The van der Waals surface area contributed by atoms with E-state index < -0.39 is 10.6 Å². The summed E-state index contributed by atoms with van der Waals surface area (Å²) in [5.74, 6) is -0.409. The average molecular weight is 282 g/mol. The van der Waals surface area contributed by atoms with Crippen LogP contribution in [-0.4, -0.2) is 30.2 Å². The highest BCUT2D eigenvalue weighted by atomic mass is 35.5. The molecule has 0 atom stereocenters. The minimum atomic E-state index is -0.754. The van der Waals surface area contributed by atoms with Gasteiger partial charge >= 0.3 is 5.69 Å². The van der Waals surface area contributed by atoms with Crippen molar-refractivity contribution in [2.45, 2.75) is 0 Å². The van der Waals surface area contributed by atoms with Crippen molar-refractivity contribution >= 4 is 34.7 Å². The molecule has 0 radical (unpaired) electrons. The topological polar surface area (TPSA) is 101 Å². The first-order valence-corrected chi connectivity index (χ1v) is 5.15. The van der Waals surface area contributed by atoms with Gasteiger partial charge in [0, 0.05) is 7.11 Å². The quantitative estimate of drug-likeness (QED) is 0.503. The van der Waals surface area contributed by atoms with Gasteiger partial charge in [0.05, 0.1) is 11.5 Å². The number of hydrogen-bond acceptors (Lipinski definition) is 6. The Balaban J connectivity index is 3.07. The van der Waals surface area contributed by atoms with Gasteiger partial charge in [0.2, 0.25) is 11.7 Å². The second kappa shape index (κ2) is 5.85. The Hall–Kier alpha value is -1.31. The second-order valence-electron chi connectivity index (χ2n) is 2.88. The molecule has 0 aromatic carbocycles. The first-order chi connectivity index (χ1) is 7.99. The van der Waals surface area contributed by atoms with E-state index in [1.165, 1.54) is 7.11 Å². The van der Waals surface area contributed by atoms with Crippen LogP contribution in [0, 0.1) is 10.1 Å². The Kier molecular flexibility index (Phi) is 4.73. The SMILES string of the molecule is COCCOc1nc(N)c([N+](=O)[O-])c(Cl)c1Cl. The van der Waals surface area contributed by atoms with Crippen LogP contribution < -0.4 is 10.5 Å². The van der Waals surface area contributed by atoms with Gasteiger partial charge in [0.15, 0.2) is 0 Å². The summed E-state index contributed by atoms with van der Waals surface area (Å²) >= 11 is 11.5. The molecule has 0 fully saturated rings. The lowest BCUT2D eigenvalue weighted by Gasteiger charge is -2.08. The fourth-order valence-electron chi connectivity index (χ4n) is 1.01. The van der Waals surface area contributed by atoms with Gasteiger partial charge in [0.25, 0.3) is 0 Å². The van der Waals surface area contributed by atoms with Gasteiger partial charge in [-0.15, -0.1) is 0 Å². The number of ether oxygens (including phenoxy) is 2. The van der Waals surface area contributed by atoms with Crippen LogP contribution in [-0.2, 0) is 4.74 Å². The third-order valence-corrected chi connectivity index (χ3v) is 2.58. The molecular formula is C8H9Cl2N3O4. The zero-order valence-electron chi connectivity index (χ0n) is 8.77. The largest absolute Gasteiger partial charge is 0.474 e. The Morgan fingerprint density at radius 1 is 1.41 bits per heavy atom. The summed E-state index contributed by atoms with van der Waals surface area (Å²) in [6, 6.07) is 0. The maximum absolute atomic E-state index is 10.6. The maximum Gasteiger partial charge on any atom is 0.331 e. The van der Waals surface area contributed by atoms with Crippen LogP contribution in [0.1, 0.15) is 0 Å². The zero-order chi connectivity index (χ0) is 13.0. The molecule has 9 heteroatoms. The van der Waals surface area contributed by atoms with Crippen LogP contribution in [0.3, 0.4) is 0 Å². The molecule has 17 heavy (non-hydrogen) atoms. The Morgan fingerprint density at radius 2 is 2.06 bits per heavy atom. The van der Waals surface area contributed by atoms with Crippen molar-refractivity contribution in [1.82, 2.24) is 4.98 Å². The molecule has 0 aliphatic heterocycles. The summed E-state index contributed by atoms with van der Waals surface area (Å²) in [7, 11) is 1.50. The highest BCUT2D eigenvalue weighted by molar-refractivity contribution is 6.44. The molecule has 1 rings (SSSR count). The normalized spacial score (nSPS) is 10.3. The van der Waals surface area contributed by atoms with Crippen molar-refractivity contribution in [2.75, 3.05) is 26.1 Å². The molecule has 0 bridgehead atoms. The molecule has 0 saturated carbocycles. The number of hydrogen-bond donors (Lipinski definition) is 1. The maximum atomic E-state index is 10.6. The summed E-state index contributed by atoms with van der Waals surface area (Å²) in [6.07, 6.45) is 0. The van der Waals surface area contributed by atoms with Crippen LogP contribution >= 0.6 is 23.2 Å². The number of rotatable bonds is 5. The van der Waals surface area contributed by atoms with E-state index in [1.807, 2.05) is 0 Å². The van der Waals surface area contributed by atoms with Crippen LogP contribution in [0.4, 0.5) is 11.5 Å². The van der Waals surface area contributed by atoms with E-state index in [9.17, 15) is 10.1 Å². The molecule has 0 aliphatic rings. The molecule has 0 unspecified atom stereocenters. The number of pyridine rings is 1. The molecule has 1 heterocycles. The van der Waals surface area contributed by atoms with E-state index in [0.29, 0.717) is 6.61 Å². The van der Waals surface area contributed by atoms with Gasteiger partial charge in [-0.2, -0.15) is 4.98 Å². The molecule has 94 valence electrons. The van der Waals surface area contributed by atoms with E-state index in [-0.39, 0.29) is 28.3 Å². The Bertz CT molecular complexity index is 441. The fourth-order valence-corrected chi connectivity index (χ4v) is 1.45. The average Bonchev–Trinajstić information content (AvgIpc) is 2.25. The predicted molar refractivity (Wildman–Crippen MR) is 62.7 cm³/mol. The van der Waals surface area contributed by atoms with Crippen LogP contribution in [0.25, 0.3) is 0 Å². The minimum absolute atomic E-state index is 0.0585. The first kappa shape index (κ1) is 13.8. The van der Waals surface area contributed by atoms with Gasteiger partial charge < -0.3 is 15.2 Å². The second-order valence-corrected chi connectivity index (χ2v) is 3.63. The number of nitrogen functional groups attached to an aromatic ring is 1. The van der Waals surface area contributed by atoms with Gasteiger partial charge in [-0.05, 0) is 0 Å². The lowest BCUT2D eigenvalue weighted by Crippen LogP contribution is -2.08. The number of halogens is 2. The van der Waals surface area contributed by atoms with Gasteiger partial charge in [-0.1, -0.05) is 23.2 Å². The molecule has 0 spiro atoms. The molecule has 0 saturated heterocycles. The highest BCUT2D eigenvalue weighted by Gasteiger charge is 2.25. The third-order valence-electron chi connectivity index (χ3n) is 1.76. The van der Waals surface area contributed by atoms with Gasteiger partial charge in [0.1, 0.15) is 16.7 Å². The van der Waals surface area contributed by atoms with Crippen LogP contribution in [0.15, 0.2) is 0 Å². The van der Waals surface area contributed by atoms with E-state index in [4.69, 9.17) is 38.4 Å². The smallest absolute Gasteiger partial charge is 0.331 e. The minimum Gasteiger partial charge on any atom is -0.474 e. The van der Waals surface area contributed by atoms with Crippen molar-refractivity contribution < 1.29 is 14.4 Å². The van der Waals surface area contributed by atoms with Crippen molar-refractivity contribution in [3.63, 3.8) is 0 Å². The van der Waals surface area contributed by atoms with Crippen molar-refractivity contribution in [1.29, 1.82) is 0 Å². The lowest BCUT2D eigenvalue weighted by molar-refractivity contribution is -0.384. The number of nitrogens with zero attached hydrogens (tertiary/aromatic N) is 2. The summed E-state index contributed by atoms with van der Waals surface area (Å²) in [4.78, 5) is 13.6. The first-order valence-electron chi connectivity index (χ1n) is 4.39. The van der Waals surface area contributed by atoms with E-state index in [2.05, 4.69) is 4.98 Å². The Morgan fingerprint density at radius 3 is 2.59 bits per heavy atom. The standard InChI is InChI=1S/C8H9Cl2N3O4/c1-16-2-3-17-8-5(10)4(9)6(13(14)15)7(11)12-8/h2-3H2,1H3,(H2,11,12). The highest BCUT2D eigenvalue weighted by Crippen LogP contribution is 2.40. The number of nitrogens with two attached hydrogens (primary N) is 1. The van der Waals surface area contributed by atoms with E-state index in [1.54, 1.807) is 0 Å². The summed E-state index contributed by atoms with van der Waals surface area (Å²) in [5.41, 5.74) is 4.86. The number of anilines is 1. The van der Waals surface area contributed by atoms with E-state index >= 15 is 0 Å². The number of methoxy groups -OCH3 is 1. The molecule has 2 N–H and O–H groups in total. The van der Waals surface area contributed by atoms with Crippen molar-refractivity contribution in [2.24, 2.45) is 0 Å². The third kappa shape index (κ3) is 3.09. The summed E-state index contributed by atoms with van der Waals surface area (Å²) < 4.78 is 9.88. The lowest BCUT2D eigenvalue weighted by atomic mass is 10.4. The van der Waals surface area contributed by atoms with Crippen molar-refractivity contribution in [3.8, 4) is 5.88 Å². The van der Waals surface area contributed by atoms with Gasteiger partial charge in [-0.25, -0.2) is 0 Å². The molecule has 0 aliphatic carbocycles. The summed E-state index contributed by atoms with van der Waals surface area (Å²) in [6.45, 7) is 0.489. The molecule has 1 aromatic heterocycles. The predicted octanol–water partition coefficient (Wildman–Crippen LogP) is 1.90. The van der Waals surface area contributed by atoms with Gasteiger partial charge in [-0.3, -0.25) is 10.1 Å². The van der Waals surface area contributed by atoms with Crippen LogP contribution in [0.2, 0.25) is 10.0 Å². The molecule has 1 aromatic rings. The molecular weight excluding hydrogens is 273 g/mol. The number of aromatic nitrogens is 1. The Labute approximate surface area is 107 Å². The number of nitro groups is 1. The van der Waals surface area contributed by atoms with E-state index in [0.717, 1.165) is 0 Å².